The number of hydrogen-bond acceptors (Lipinski definition) is 4. The molecule has 0 unspecified atom stereocenters. The quantitative estimate of drug-likeness (QED) is 0.607. The second-order valence-electron chi connectivity index (χ2n) is 3.51. The van der Waals surface area contributed by atoms with Gasteiger partial charge in [0.2, 0.25) is 0 Å². The van der Waals surface area contributed by atoms with Gasteiger partial charge in [-0.05, 0) is 31.2 Å². The molecule has 0 atom stereocenters. The van der Waals surface area contributed by atoms with Crippen LogP contribution in [0.25, 0.3) is 0 Å². The van der Waals surface area contributed by atoms with Gasteiger partial charge in [-0.1, -0.05) is 6.92 Å². The van der Waals surface area contributed by atoms with Crippen LogP contribution >= 0.6 is 0 Å². The summed E-state index contributed by atoms with van der Waals surface area (Å²) < 4.78 is 4.79. The zero-order valence-corrected chi connectivity index (χ0v) is 10.2. The molecule has 0 aliphatic rings. The first-order valence-electron chi connectivity index (χ1n) is 5.70. The number of carbonyl (C=O) groups is 2. The van der Waals surface area contributed by atoms with Gasteiger partial charge in [-0.2, -0.15) is 0 Å². The summed E-state index contributed by atoms with van der Waals surface area (Å²) in [7, 11) is 0. The summed E-state index contributed by atoms with van der Waals surface area (Å²) in [6.07, 6.45) is 0.496. The van der Waals surface area contributed by atoms with Crippen LogP contribution in [0.5, 0.6) is 0 Å². The fraction of sp³-hybridized carbons (Fsp3) is 0.385. The van der Waals surface area contributed by atoms with Gasteiger partial charge in [0.15, 0.2) is 5.78 Å². The third-order valence-electron chi connectivity index (χ3n) is 2.27. The van der Waals surface area contributed by atoms with Crippen LogP contribution in [-0.2, 0) is 9.53 Å². The van der Waals surface area contributed by atoms with Crippen LogP contribution < -0.4 is 5.32 Å². The molecule has 0 spiro atoms. The maximum Gasteiger partial charge on any atom is 0.325 e. The second kappa shape index (κ2) is 6.68. The van der Waals surface area contributed by atoms with E-state index in [4.69, 9.17) is 4.74 Å². The molecule has 0 aromatic heterocycles. The highest BCUT2D eigenvalue weighted by Crippen LogP contribution is 2.10. The monoisotopic (exact) mass is 235 g/mol. The van der Waals surface area contributed by atoms with E-state index < -0.39 is 0 Å². The van der Waals surface area contributed by atoms with Gasteiger partial charge in [-0.15, -0.1) is 0 Å². The summed E-state index contributed by atoms with van der Waals surface area (Å²) >= 11 is 0. The highest BCUT2D eigenvalue weighted by atomic mass is 16.5. The van der Waals surface area contributed by atoms with Crippen molar-refractivity contribution >= 4 is 17.4 Å². The standard InChI is InChI=1S/C13H17NO3/c1-3-12(15)10-5-7-11(8-6-10)14-9-13(16)17-4-2/h5-8,14H,3-4,9H2,1-2H3. The van der Waals surface area contributed by atoms with Crippen LogP contribution in [0.3, 0.4) is 0 Å². The lowest BCUT2D eigenvalue weighted by Gasteiger charge is -2.06. The molecule has 0 saturated heterocycles. The number of Topliss-reactive ketones (excluding diaryl/α,β-unsaturated/α-hetero) is 1. The number of rotatable bonds is 6. The fourth-order valence-electron chi connectivity index (χ4n) is 1.36. The highest BCUT2D eigenvalue weighted by molar-refractivity contribution is 5.96. The molecule has 0 bridgehead atoms. The molecule has 4 heteroatoms. The van der Waals surface area contributed by atoms with E-state index in [9.17, 15) is 9.59 Å². The predicted octanol–water partition coefficient (Wildman–Crippen LogP) is 2.25. The molecule has 1 rings (SSSR count). The number of nitrogens with one attached hydrogen (secondary N) is 1. The number of benzene rings is 1. The Kier molecular flexibility index (Phi) is 5.20. The Morgan fingerprint density at radius 2 is 1.82 bits per heavy atom. The van der Waals surface area contributed by atoms with Gasteiger partial charge in [0.25, 0.3) is 0 Å². The van der Waals surface area contributed by atoms with Crippen molar-refractivity contribution in [2.24, 2.45) is 0 Å². The molecule has 0 aliphatic carbocycles. The summed E-state index contributed by atoms with van der Waals surface area (Å²) in [6.45, 7) is 4.11. The number of esters is 1. The Bertz CT molecular complexity index is 384. The zero-order chi connectivity index (χ0) is 12.7. The second-order valence-corrected chi connectivity index (χ2v) is 3.51. The molecule has 1 N–H and O–H groups in total. The third-order valence-corrected chi connectivity index (χ3v) is 2.27. The van der Waals surface area contributed by atoms with Crippen LogP contribution in [0.4, 0.5) is 5.69 Å². The van der Waals surface area contributed by atoms with E-state index in [1.807, 2.05) is 6.92 Å². The summed E-state index contributed by atoms with van der Waals surface area (Å²) in [6, 6.07) is 7.06. The zero-order valence-electron chi connectivity index (χ0n) is 10.2. The number of ether oxygens (including phenoxy) is 1. The van der Waals surface area contributed by atoms with Crippen molar-refractivity contribution in [2.75, 3.05) is 18.5 Å². The van der Waals surface area contributed by atoms with Gasteiger partial charge in [-0.25, -0.2) is 0 Å². The molecule has 0 heterocycles. The third kappa shape index (κ3) is 4.26. The fourth-order valence-corrected chi connectivity index (χ4v) is 1.36. The lowest BCUT2D eigenvalue weighted by atomic mass is 10.1. The molecule has 17 heavy (non-hydrogen) atoms. The van der Waals surface area contributed by atoms with Gasteiger partial charge in [0, 0.05) is 17.7 Å². The Hall–Kier alpha value is -1.84. The van der Waals surface area contributed by atoms with Crippen molar-refractivity contribution < 1.29 is 14.3 Å². The Labute approximate surface area is 101 Å². The van der Waals surface area contributed by atoms with E-state index in [-0.39, 0.29) is 18.3 Å². The smallest absolute Gasteiger partial charge is 0.325 e. The van der Waals surface area contributed by atoms with Gasteiger partial charge < -0.3 is 10.1 Å². The maximum atomic E-state index is 11.4. The number of carbonyl (C=O) groups excluding carboxylic acids is 2. The molecular weight excluding hydrogens is 218 g/mol. The Morgan fingerprint density at radius 3 is 2.35 bits per heavy atom. The predicted molar refractivity (Wildman–Crippen MR) is 66.2 cm³/mol. The van der Waals surface area contributed by atoms with Crippen LogP contribution in [0.1, 0.15) is 30.6 Å². The van der Waals surface area contributed by atoms with Crippen molar-refractivity contribution in [3.8, 4) is 0 Å². The molecule has 0 amide bonds. The van der Waals surface area contributed by atoms with E-state index in [2.05, 4.69) is 5.32 Å². The first-order valence-corrected chi connectivity index (χ1v) is 5.70. The van der Waals surface area contributed by atoms with Crippen molar-refractivity contribution in [2.45, 2.75) is 20.3 Å². The Balaban J connectivity index is 2.51. The SMILES string of the molecule is CCOC(=O)CNc1ccc(C(=O)CC)cc1. The van der Waals surface area contributed by atoms with E-state index >= 15 is 0 Å². The highest BCUT2D eigenvalue weighted by Gasteiger charge is 2.03. The molecule has 0 saturated carbocycles. The van der Waals surface area contributed by atoms with Crippen molar-refractivity contribution in [3.63, 3.8) is 0 Å². The first kappa shape index (κ1) is 13.2. The Morgan fingerprint density at radius 1 is 1.18 bits per heavy atom. The summed E-state index contributed by atoms with van der Waals surface area (Å²) in [5, 5.41) is 2.93. The molecule has 92 valence electrons. The number of anilines is 1. The largest absolute Gasteiger partial charge is 0.465 e. The van der Waals surface area contributed by atoms with E-state index in [1.54, 1.807) is 31.2 Å². The molecule has 0 fully saturated rings. The van der Waals surface area contributed by atoms with Crippen molar-refractivity contribution in [1.29, 1.82) is 0 Å². The summed E-state index contributed by atoms with van der Waals surface area (Å²) in [5.41, 5.74) is 1.49. The molecule has 1 aromatic rings. The minimum absolute atomic E-state index is 0.113. The van der Waals surface area contributed by atoms with Crippen LogP contribution in [0.2, 0.25) is 0 Å². The average Bonchev–Trinajstić information content (AvgIpc) is 2.36. The van der Waals surface area contributed by atoms with E-state index in [0.29, 0.717) is 18.6 Å². The van der Waals surface area contributed by atoms with Gasteiger partial charge in [-0.3, -0.25) is 9.59 Å². The topological polar surface area (TPSA) is 55.4 Å². The molecule has 4 nitrogen and oxygen atoms in total. The van der Waals surface area contributed by atoms with Crippen LogP contribution in [0, 0.1) is 0 Å². The molecule has 0 aliphatic heterocycles. The number of ketones is 1. The minimum Gasteiger partial charge on any atom is -0.465 e. The lowest BCUT2D eigenvalue weighted by Crippen LogP contribution is -2.16. The maximum absolute atomic E-state index is 11.4. The molecule has 0 radical (unpaired) electrons. The van der Waals surface area contributed by atoms with Gasteiger partial charge in [0.05, 0.1) is 6.61 Å². The lowest BCUT2D eigenvalue weighted by molar-refractivity contribution is -0.140. The number of hydrogen-bond donors (Lipinski definition) is 1. The molecular formula is C13H17NO3. The van der Waals surface area contributed by atoms with Gasteiger partial charge in [0.1, 0.15) is 6.54 Å². The van der Waals surface area contributed by atoms with Crippen molar-refractivity contribution in [3.05, 3.63) is 29.8 Å². The minimum atomic E-state index is -0.291. The normalized spacial score (nSPS) is 9.76. The van der Waals surface area contributed by atoms with E-state index in [1.165, 1.54) is 0 Å². The van der Waals surface area contributed by atoms with Gasteiger partial charge >= 0.3 is 5.97 Å². The first-order chi connectivity index (χ1) is 8.17. The van der Waals surface area contributed by atoms with Crippen molar-refractivity contribution in [1.82, 2.24) is 0 Å². The molecule has 1 aromatic carbocycles. The van der Waals surface area contributed by atoms with Crippen LogP contribution in [-0.4, -0.2) is 24.9 Å². The average molecular weight is 235 g/mol. The summed E-state index contributed by atoms with van der Waals surface area (Å²) in [4.78, 5) is 22.5. The summed E-state index contributed by atoms with van der Waals surface area (Å²) in [5.74, 6) is -0.178. The van der Waals surface area contributed by atoms with E-state index in [0.717, 1.165) is 5.69 Å². The van der Waals surface area contributed by atoms with Crippen LogP contribution in [0.15, 0.2) is 24.3 Å².